The van der Waals surface area contributed by atoms with Crippen LogP contribution in [0.5, 0.6) is 0 Å². The zero-order chi connectivity index (χ0) is 13.3. The molecule has 0 unspecified atom stereocenters. The van der Waals surface area contributed by atoms with Gasteiger partial charge in [-0.05, 0) is 43.9 Å². The maximum atomic E-state index is 12.4. The molecule has 96 valence electrons. The van der Waals surface area contributed by atoms with Gasteiger partial charge in [-0.3, -0.25) is 9.59 Å². The minimum Gasteiger partial charge on any atom is -0.481 e. The van der Waals surface area contributed by atoms with E-state index in [4.69, 9.17) is 5.11 Å². The standard InChI is InChI=1S/C15H18O3/c1-9-6-7-11(8-10(9)2)14(16)12-4-3-5-13(12)15(17)18/h6-8,12-13H,3-5H2,1-2H3,(H,17,18)/t12-,13+/m1/s1. The van der Waals surface area contributed by atoms with Gasteiger partial charge in [0, 0.05) is 11.5 Å². The van der Waals surface area contributed by atoms with Gasteiger partial charge in [-0.25, -0.2) is 0 Å². The van der Waals surface area contributed by atoms with Crippen molar-refractivity contribution in [3.05, 3.63) is 34.9 Å². The Morgan fingerprint density at radius 1 is 1.11 bits per heavy atom. The number of hydrogen-bond donors (Lipinski definition) is 1. The Morgan fingerprint density at radius 2 is 1.78 bits per heavy atom. The number of benzene rings is 1. The van der Waals surface area contributed by atoms with E-state index < -0.39 is 11.9 Å². The number of carboxylic acids is 1. The van der Waals surface area contributed by atoms with Crippen LogP contribution in [-0.2, 0) is 4.79 Å². The van der Waals surface area contributed by atoms with Crippen molar-refractivity contribution in [1.29, 1.82) is 0 Å². The van der Waals surface area contributed by atoms with Crippen LogP contribution in [0.2, 0.25) is 0 Å². The topological polar surface area (TPSA) is 54.4 Å². The molecule has 0 aliphatic heterocycles. The Hall–Kier alpha value is -1.64. The van der Waals surface area contributed by atoms with E-state index in [-0.39, 0.29) is 11.7 Å². The van der Waals surface area contributed by atoms with E-state index in [1.807, 2.05) is 32.0 Å². The van der Waals surface area contributed by atoms with Gasteiger partial charge in [0.15, 0.2) is 5.78 Å². The summed E-state index contributed by atoms with van der Waals surface area (Å²) >= 11 is 0. The molecule has 1 fully saturated rings. The molecule has 0 radical (unpaired) electrons. The molecular formula is C15H18O3. The summed E-state index contributed by atoms with van der Waals surface area (Å²) in [6, 6.07) is 5.60. The quantitative estimate of drug-likeness (QED) is 0.834. The Kier molecular flexibility index (Phi) is 3.50. The second-order valence-corrected chi connectivity index (χ2v) is 5.15. The highest BCUT2D eigenvalue weighted by Gasteiger charge is 2.37. The molecule has 0 amide bonds. The molecule has 1 aliphatic carbocycles. The third kappa shape index (κ3) is 2.30. The number of aryl methyl sites for hydroxylation is 2. The average molecular weight is 246 g/mol. The van der Waals surface area contributed by atoms with Gasteiger partial charge >= 0.3 is 5.97 Å². The molecule has 0 bridgehead atoms. The first-order valence-corrected chi connectivity index (χ1v) is 6.35. The largest absolute Gasteiger partial charge is 0.481 e. The number of aliphatic carboxylic acids is 1. The molecule has 0 saturated heterocycles. The minimum atomic E-state index is -0.838. The number of carbonyl (C=O) groups excluding carboxylic acids is 1. The summed E-state index contributed by atoms with van der Waals surface area (Å²) in [6.45, 7) is 3.97. The average Bonchev–Trinajstić information content (AvgIpc) is 2.81. The van der Waals surface area contributed by atoms with Crippen molar-refractivity contribution in [2.45, 2.75) is 33.1 Å². The van der Waals surface area contributed by atoms with Crippen LogP contribution in [-0.4, -0.2) is 16.9 Å². The van der Waals surface area contributed by atoms with Crippen LogP contribution in [0, 0.1) is 25.7 Å². The van der Waals surface area contributed by atoms with Crippen molar-refractivity contribution >= 4 is 11.8 Å². The van der Waals surface area contributed by atoms with Crippen molar-refractivity contribution in [2.75, 3.05) is 0 Å². The van der Waals surface area contributed by atoms with Crippen LogP contribution in [0.1, 0.15) is 40.7 Å². The van der Waals surface area contributed by atoms with Crippen LogP contribution in [0.4, 0.5) is 0 Å². The lowest BCUT2D eigenvalue weighted by Crippen LogP contribution is -2.25. The molecule has 0 heterocycles. The fourth-order valence-corrected chi connectivity index (χ4v) is 2.68. The minimum absolute atomic E-state index is 0.0111. The lowest BCUT2D eigenvalue weighted by atomic mass is 9.87. The maximum absolute atomic E-state index is 12.4. The van der Waals surface area contributed by atoms with E-state index >= 15 is 0 Å². The fourth-order valence-electron chi connectivity index (χ4n) is 2.68. The molecule has 0 aromatic heterocycles. The smallest absolute Gasteiger partial charge is 0.307 e. The molecule has 2 atom stereocenters. The van der Waals surface area contributed by atoms with Gasteiger partial charge < -0.3 is 5.11 Å². The zero-order valence-electron chi connectivity index (χ0n) is 10.8. The van der Waals surface area contributed by atoms with Gasteiger partial charge in [0.1, 0.15) is 0 Å². The van der Waals surface area contributed by atoms with Gasteiger partial charge in [-0.1, -0.05) is 18.6 Å². The van der Waals surface area contributed by atoms with E-state index in [0.29, 0.717) is 18.4 Å². The van der Waals surface area contributed by atoms with Crippen molar-refractivity contribution in [3.63, 3.8) is 0 Å². The number of carbonyl (C=O) groups is 2. The summed E-state index contributed by atoms with van der Waals surface area (Å²) in [5.74, 6) is -1.69. The second kappa shape index (κ2) is 4.92. The Morgan fingerprint density at radius 3 is 2.39 bits per heavy atom. The van der Waals surface area contributed by atoms with E-state index in [9.17, 15) is 9.59 Å². The van der Waals surface area contributed by atoms with E-state index in [1.165, 1.54) is 0 Å². The summed E-state index contributed by atoms with van der Waals surface area (Å²) in [5, 5.41) is 9.13. The highest BCUT2D eigenvalue weighted by atomic mass is 16.4. The lowest BCUT2D eigenvalue weighted by Gasteiger charge is -2.15. The summed E-state index contributed by atoms with van der Waals surface area (Å²) in [4.78, 5) is 23.5. The SMILES string of the molecule is Cc1ccc(C(=O)[C@@H]2CCC[C@@H]2C(=O)O)cc1C. The van der Waals surface area contributed by atoms with Crippen LogP contribution in [0.25, 0.3) is 0 Å². The Labute approximate surface area is 107 Å². The molecule has 3 nitrogen and oxygen atoms in total. The van der Waals surface area contributed by atoms with Crippen molar-refractivity contribution in [2.24, 2.45) is 11.8 Å². The lowest BCUT2D eigenvalue weighted by molar-refractivity contribution is -0.142. The van der Waals surface area contributed by atoms with Crippen LogP contribution in [0.3, 0.4) is 0 Å². The molecule has 2 rings (SSSR count). The second-order valence-electron chi connectivity index (χ2n) is 5.15. The zero-order valence-corrected chi connectivity index (χ0v) is 10.8. The predicted molar refractivity (Wildman–Crippen MR) is 68.7 cm³/mol. The van der Waals surface area contributed by atoms with Crippen molar-refractivity contribution < 1.29 is 14.7 Å². The molecule has 0 spiro atoms. The summed E-state index contributed by atoms with van der Waals surface area (Å²) in [5.41, 5.74) is 2.87. The van der Waals surface area contributed by atoms with Crippen molar-refractivity contribution in [3.8, 4) is 0 Å². The number of rotatable bonds is 3. The van der Waals surface area contributed by atoms with E-state index in [2.05, 4.69) is 0 Å². The van der Waals surface area contributed by atoms with Crippen LogP contribution in [0.15, 0.2) is 18.2 Å². The van der Waals surface area contributed by atoms with E-state index in [0.717, 1.165) is 17.5 Å². The summed E-state index contributed by atoms with van der Waals surface area (Å²) < 4.78 is 0. The third-order valence-electron chi connectivity index (χ3n) is 3.96. The molecule has 3 heteroatoms. The van der Waals surface area contributed by atoms with Gasteiger partial charge in [-0.2, -0.15) is 0 Å². The van der Waals surface area contributed by atoms with Crippen LogP contribution < -0.4 is 0 Å². The monoisotopic (exact) mass is 246 g/mol. The number of Topliss-reactive ketones (excluding diaryl/α,β-unsaturated/α-hetero) is 1. The molecule has 1 aliphatic rings. The summed E-state index contributed by atoms with van der Waals surface area (Å²) in [7, 11) is 0. The molecule has 1 aromatic rings. The molecule has 1 N–H and O–H groups in total. The van der Waals surface area contributed by atoms with Gasteiger partial charge in [0.2, 0.25) is 0 Å². The van der Waals surface area contributed by atoms with Gasteiger partial charge in [-0.15, -0.1) is 0 Å². The van der Waals surface area contributed by atoms with Crippen molar-refractivity contribution in [1.82, 2.24) is 0 Å². The third-order valence-corrected chi connectivity index (χ3v) is 3.96. The Bertz CT molecular complexity index is 491. The maximum Gasteiger partial charge on any atom is 0.307 e. The first-order valence-electron chi connectivity index (χ1n) is 6.35. The highest BCUT2D eigenvalue weighted by molar-refractivity contribution is 6.00. The first-order chi connectivity index (χ1) is 8.50. The van der Waals surface area contributed by atoms with Gasteiger partial charge in [0.25, 0.3) is 0 Å². The van der Waals surface area contributed by atoms with E-state index in [1.54, 1.807) is 0 Å². The predicted octanol–water partition coefficient (Wildman–Crippen LogP) is 2.99. The normalized spacial score (nSPS) is 23.0. The van der Waals surface area contributed by atoms with Crippen LogP contribution >= 0.6 is 0 Å². The molecule has 1 saturated carbocycles. The Balaban J connectivity index is 2.25. The highest BCUT2D eigenvalue weighted by Crippen LogP contribution is 2.34. The summed E-state index contributed by atoms with van der Waals surface area (Å²) in [6.07, 6.45) is 2.15. The number of ketones is 1. The fraction of sp³-hybridized carbons (Fsp3) is 0.467. The molecule has 18 heavy (non-hydrogen) atoms. The number of hydrogen-bond acceptors (Lipinski definition) is 2. The molecule has 1 aromatic carbocycles. The molecular weight excluding hydrogens is 228 g/mol. The first kappa shape index (κ1) is 12.8. The number of carboxylic acid groups (broad SMARTS) is 1. The van der Waals surface area contributed by atoms with Gasteiger partial charge in [0.05, 0.1) is 5.92 Å².